The van der Waals surface area contributed by atoms with Gasteiger partial charge in [0.1, 0.15) is 0 Å². The summed E-state index contributed by atoms with van der Waals surface area (Å²) in [4.78, 5) is 12.1. The first-order chi connectivity index (χ1) is 8.86. The van der Waals surface area contributed by atoms with E-state index < -0.39 is 0 Å². The molecule has 0 saturated carbocycles. The summed E-state index contributed by atoms with van der Waals surface area (Å²) >= 11 is 0. The van der Waals surface area contributed by atoms with Gasteiger partial charge in [-0.2, -0.15) is 0 Å². The van der Waals surface area contributed by atoms with Crippen molar-refractivity contribution in [2.24, 2.45) is 5.92 Å². The van der Waals surface area contributed by atoms with Crippen LogP contribution in [0.1, 0.15) is 51.4 Å². The van der Waals surface area contributed by atoms with Gasteiger partial charge in [0.05, 0.1) is 6.04 Å². The average molecular weight is 250 g/mol. The molecule has 0 aromatic heterocycles. The number of allylic oxidation sites excluding steroid dienone is 2. The van der Waals surface area contributed by atoms with Gasteiger partial charge in [-0.1, -0.05) is 31.4 Å². The van der Waals surface area contributed by atoms with Crippen molar-refractivity contribution in [2.75, 3.05) is 13.1 Å². The zero-order chi connectivity index (χ0) is 12.6. The highest BCUT2D eigenvalue weighted by atomic mass is 16.2. The minimum Gasteiger partial charge on any atom is -0.354 e. The van der Waals surface area contributed by atoms with Crippen LogP contribution in [-0.2, 0) is 4.79 Å². The van der Waals surface area contributed by atoms with Crippen LogP contribution >= 0.6 is 0 Å². The molecule has 0 aromatic rings. The lowest BCUT2D eigenvalue weighted by Gasteiger charge is -2.23. The summed E-state index contributed by atoms with van der Waals surface area (Å²) in [5.74, 6) is 0.860. The van der Waals surface area contributed by atoms with E-state index in [-0.39, 0.29) is 11.9 Å². The predicted octanol–water partition coefficient (Wildman–Crippen LogP) is 2.38. The van der Waals surface area contributed by atoms with E-state index in [0.29, 0.717) is 5.92 Å². The Hall–Kier alpha value is -0.830. The molecule has 0 aromatic carbocycles. The molecule has 0 spiro atoms. The Bertz CT molecular complexity index is 280. The molecule has 2 N–H and O–H groups in total. The molecule has 1 aliphatic heterocycles. The molecular weight excluding hydrogens is 224 g/mol. The Morgan fingerprint density at radius 1 is 1.17 bits per heavy atom. The van der Waals surface area contributed by atoms with Crippen LogP contribution in [0.4, 0.5) is 0 Å². The van der Waals surface area contributed by atoms with E-state index in [1.54, 1.807) is 0 Å². The van der Waals surface area contributed by atoms with Gasteiger partial charge < -0.3 is 10.6 Å². The minimum absolute atomic E-state index is 0.0458. The number of hydrogen-bond donors (Lipinski definition) is 2. The third-order valence-corrected chi connectivity index (χ3v) is 4.07. The number of rotatable bonds is 3. The lowest BCUT2D eigenvalue weighted by atomic mass is 9.94. The molecule has 1 heterocycles. The number of carbonyl (C=O) groups is 1. The van der Waals surface area contributed by atoms with Crippen LogP contribution in [-0.4, -0.2) is 25.0 Å². The average Bonchev–Trinajstić information content (AvgIpc) is 2.37. The highest BCUT2D eigenvalue weighted by Gasteiger charge is 2.19. The summed E-state index contributed by atoms with van der Waals surface area (Å²) in [6, 6.07) is 0.0458. The lowest BCUT2D eigenvalue weighted by Crippen LogP contribution is -2.46. The standard InChI is InChI=1S/C15H26N2O/c18-15(14-10-6-1-2-7-11-16-14)17-12-13-8-4-3-5-9-13/h3-4,13-14,16H,1-2,5-12H2,(H,17,18). The van der Waals surface area contributed by atoms with Crippen molar-refractivity contribution in [3.8, 4) is 0 Å². The first kappa shape index (κ1) is 13.6. The van der Waals surface area contributed by atoms with E-state index in [2.05, 4.69) is 22.8 Å². The number of carbonyl (C=O) groups excluding carboxylic acids is 1. The van der Waals surface area contributed by atoms with Crippen LogP contribution < -0.4 is 10.6 Å². The van der Waals surface area contributed by atoms with Gasteiger partial charge in [0.15, 0.2) is 0 Å². The van der Waals surface area contributed by atoms with Crippen molar-refractivity contribution in [3.63, 3.8) is 0 Å². The molecular formula is C15H26N2O. The van der Waals surface area contributed by atoms with Crippen LogP contribution in [0.25, 0.3) is 0 Å². The Morgan fingerprint density at radius 2 is 2.06 bits per heavy atom. The highest BCUT2D eigenvalue weighted by Crippen LogP contribution is 2.17. The van der Waals surface area contributed by atoms with Crippen molar-refractivity contribution >= 4 is 5.91 Å². The Morgan fingerprint density at radius 3 is 2.89 bits per heavy atom. The van der Waals surface area contributed by atoms with E-state index in [0.717, 1.165) is 25.9 Å². The predicted molar refractivity (Wildman–Crippen MR) is 74.4 cm³/mol. The van der Waals surface area contributed by atoms with E-state index in [4.69, 9.17) is 0 Å². The van der Waals surface area contributed by atoms with Gasteiger partial charge >= 0.3 is 0 Å². The topological polar surface area (TPSA) is 41.1 Å². The molecule has 3 nitrogen and oxygen atoms in total. The molecule has 102 valence electrons. The summed E-state index contributed by atoms with van der Waals surface area (Å²) in [5, 5.41) is 6.52. The first-order valence-corrected chi connectivity index (χ1v) is 7.52. The smallest absolute Gasteiger partial charge is 0.237 e. The van der Waals surface area contributed by atoms with Gasteiger partial charge in [-0.25, -0.2) is 0 Å². The maximum atomic E-state index is 12.1. The maximum Gasteiger partial charge on any atom is 0.237 e. The van der Waals surface area contributed by atoms with E-state index >= 15 is 0 Å². The lowest BCUT2D eigenvalue weighted by molar-refractivity contribution is -0.123. The summed E-state index contributed by atoms with van der Waals surface area (Å²) in [7, 11) is 0. The van der Waals surface area contributed by atoms with Crippen molar-refractivity contribution in [1.82, 2.24) is 10.6 Å². The number of hydrogen-bond acceptors (Lipinski definition) is 2. The molecule has 2 atom stereocenters. The molecule has 18 heavy (non-hydrogen) atoms. The van der Waals surface area contributed by atoms with Crippen molar-refractivity contribution in [3.05, 3.63) is 12.2 Å². The van der Waals surface area contributed by atoms with Crippen molar-refractivity contribution < 1.29 is 4.79 Å². The summed E-state index contributed by atoms with van der Waals surface area (Å²) < 4.78 is 0. The largest absolute Gasteiger partial charge is 0.354 e. The van der Waals surface area contributed by atoms with Crippen molar-refractivity contribution in [2.45, 2.75) is 57.4 Å². The Labute approximate surface area is 110 Å². The molecule has 0 radical (unpaired) electrons. The third kappa shape index (κ3) is 4.45. The molecule has 1 fully saturated rings. The molecule has 1 aliphatic carbocycles. The minimum atomic E-state index is 0.0458. The monoisotopic (exact) mass is 250 g/mol. The van der Waals surface area contributed by atoms with E-state index in [9.17, 15) is 4.79 Å². The second kappa shape index (κ2) is 7.57. The SMILES string of the molecule is O=C(NCC1CC=CCC1)C1CCCCCCN1. The summed E-state index contributed by atoms with van der Waals surface area (Å²) in [5.41, 5.74) is 0. The molecule has 1 amide bonds. The first-order valence-electron chi connectivity index (χ1n) is 7.52. The molecule has 0 bridgehead atoms. The molecule has 2 unspecified atom stereocenters. The fourth-order valence-corrected chi connectivity index (χ4v) is 2.84. The van der Waals surface area contributed by atoms with Gasteiger partial charge in [0.25, 0.3) is 0 Å². The third-order valence-electron chi connectivity index (χ3n) is 4.07. The van der Waals surface area contributed by atoms with Crippen LogP contribution in [0, 0.1) is 5.92 Å². The highest BCUT2D eigenvalue weighted by molar-refractivity contribution is 5.81. The normalized spacial score (nSPS) is 29.3. The van der Waals surface area contributed by atoms with Crippen LogP contribution in [0.2, 0.25) is 0 Å². The molecule has 2 rings (SSSR count). The number of nitrogens with one attached hydrogen (secondary N) is 2. The molecule has 1 saturated heterocycles. The van der Waals surface area contributed by atoms with Gasteiger partial charge in [-0.3, -0.25) is 4.79 Å². The van der Waals surface area contributed by atoms with Crippen LogP contribution in [0.15, 0.2) is 12.2 Å². The van der Waals surface area contributed by atoms with Crippen LogP contribution in [0.3, 0.4) is 0 Å². The van der Waals surface area contributed by atoms with E-state index in [1.165, 1.54) is 38.5 Å². The van der Waals surface area contributed by atoms with Gasteiger partial charge in [-0.15, -0.1) is 0 Å². The van der Waals surface area contributed by atoms with Gasteiger partial charge in [-0.05, 0) is 44.6 Å². The maximum absolute atomic E-state index is 12.1. The Balaban J connectivity index is 1.70. The zero-order valence-electron chi connectivity index (χ0n) is 11.3. The Kier molecular flexibility index (Phi) is 5.72. The summed E-state index contributed by atoms with van der Waals surface area (Å²) in [6.45, 7) is 1.84. The second-order valence-electron chi connectivity index (χ2n) is 5.61. The summed E-state index contributed by atoms with van der Waals surface area (Å²) in [6.07, 6.45) is 14.0. The van der Waals surface area contributed by atoms with Gasteiger partial charge in [0, 0.05) is 6.54 Å². The van der Waals surface area contributed by atoms with Crippen LogP contribution in [0.5, 0.6) is 0 Å². The number of amides is 1. The fraction of sp³-hybridized carbons (Fsp3) is 0.800. The van der Waals surface area contributed by atoms with E-state index in [1.807, 2.05) is 0 Å². The second-order valence-corrected chi connectivity index (χ2v) is 5.61. The zero-order valence-corrected chi connectivity index (χ0v) is 11.3. The molecule has 2 aliphatic rings. The quantitative estimate of drug-likeness (QED) is 0.755. The fourth-order valence-electron chi connectivity index (χ4n) is 2.84. The van der Waals surface area contributed by atoms with Crippen molar-refractivity contribution in [1.29, 1.82) is 0 Å². The molecule has 3 heteroatoms. The van der Waals surface area contributed by atoms with Gasteiger partial charge in [0.2, 0.25) is 5.91 Å².